The van der Waals surface area contributed by atoms with Crippen molar-refractivity contribution in [1.82, 2.24) is 10.7 Å². The zero-order valence-corrected chi connectivity index (χ0v) is 12.7. The van der Waals surface area contributed by atoms with Gasteiger partial charge in [0.2, 0.25) is 5.91 Å². The second kappa shape index (κ2) is 8.17. The number of rotatable bonds is 6. The second-order valence-corrected chi connectivity index (χ2v) is 5.15. The molecule has 1 heterocycles. The standard InChI is InChI=1S/C16H21N3O3/c1-2-3-10-17-16(21)22-11-12-4-6-13(7-5-12)14-8-9-15(20)19-18-14/h4-7H,2-3,8-11H2,1H3,(H,17,21)(H,19,20). The van der Waals surface area contributed by atoms with Crippen LogP contribution in [0.4, 0.5) is 4.79 Å². The molecule has 2 rings (SSSR count). The van der Waals surface area contributed by atoms with E-state index in [-0.39, 0.29) is 12.5 Å². The fourth-order valence-corrected chi connectivity index (χ4v) is 2.04. The molecule has 0 saturated carbocycles. The monoisotopic (exact) mass is 303 g/mol. The van der Waals surface area contributed by atoms with Gasteiger partial charge in [0, 0.05) is 19.4 Å². The lowest BCUT2D eigenvalue weighted by Gasteiger charge is -2.12. The van der Waals surface area contributed by atoms with Crippen LogP contribution in [0, 0.1) is 0 Å². The van der Waals surface area contributed by atoms with Gasteiger partial charge < -0.3 is 10.1 Å². The van der Waals surface area contributed by atoms with E-state index in [1.807, 2.05) is 24.3 Å². The number of amides is 2. The SMILES string of the molecule is CCCCNC(=O)OCc1ccc(C2=NNC(=O)CC2)cc1. The first kappa shape index (κ1) is 16.0. The summed E-state index contributed by atoms with van der Waals surface area (Å²) in [6.07, 6.45) is 2.69. The molecular formula is C16H21N3O3. The van der Waals surface area contributed by atoms with E-state index in [9.17, 15) is 9.59 Å². The van der Waals surface area contributed by atoms with Gasteiger partial charge in [0.15, 0.2) is 0 Å². The van der Waals surface area contributed by atoms with Crippen LogP contribution in [0.25, 0.3) is 0 Å². The van der Waals surface area contributed by atoms with Crippen molar-refractivity contribution in [2.45, 2.75) is 39.2 Å². The Morgan fingerprint density at radius 3 is 2.73 bits per heavy atom. The van der Waals surface area contributed by atoms with Crippen LogP contribution in [-0.4, -0.2) is 24.3 Å². The van der Waals surface area contributed by atoms with E-state index in [1.54, 1.807) is 0 Å². The fourth-order valence-electron chi connectivity index (χ4n) is 2.04. The number of carbonyl (C=O) groups is 2. The number of hydrazone groups is 1. The molecule has 0 spiro atoms. The van der Waals surface area contributed by atoms with E-state index in [0.29, 0.717) is 19.4 Å². The lowest BCUT2D eigenvalue weighted by molar-refractivity contribution is -0.121. The van der Waals surface area contributed by atoms with Gasteiger partial charge in [-0.15, -0.1) is 0 Å². The number of alkyl carbamates (subject to hydrolysis) is 1. The lowest BCUT2D eigenvalue weighted by atomic mass is 10.0. The molecule has 0 saturated heterocycles. The minimum atomic E-state index is -0.392. The highest BCUT2D eigenvalue weighted by Crippen LogP contribution is 2.12. The molecule has 0 radical (unpaired) electrons. The molecule has 1 aromatic rings. The molecule has 22 heavy (non-hydrogen) atoms. The molecule has 0 fully saturated rings. The van der Waals surface area contributed by atoms with Crippen LogP contribution >= 0.6 is 0 Å². The van der Waals surface area contributed by atoms with Crippen LogP contribution in [0.2, 0.25) is 0 Å². The first-order chi connectivity index (χ1) is 10.7. The summed E-state index contributed by atoms with van der Waals surface area (Å²) in [7, 11) is 0. The van der Waals surface area contributed by atoms with Gasteiger partial charge in [0.1, 0.15) is 6.61 Å². The van der Waals surface area contributed by atoms with Crippen molar-refractivity contribution in [2.24, 2.45) is 5.10 Å². The maximum Gasteiger partial charge on any atom is 0.407 e. The fraction of sp³-hybridized carbons (Fsp3) is 0.438. The lowest BCUT2D eigenvalue weighted by Crippen LogP contribution is -2.26. The van der Waals surface area contributed by atoms with Crippen molar-refractivity contribution < 1.29 is 14.3 Å². The quantitative estimate of drug-likeness (QED) is 0.792. The van der Waals surface area contributed by atoms with Crippen molar-refractivity contribution in [3.63, 3.8) is 0 Å². The highest BCUT2D eigenvalue weighted by molar-refractivity contribution is 6.04. The second-order valence-electron chi connectivity index (χ2n) is 5.15. The number of carbonyl (C=O) groups excluding carboxylic acids is 2. The Kier molecular flexibility index (Phi) is 5.94. The van der Waals surface area contributed by atoms with Gasteiger partial charge in [-0.25, -0.2) is 10.2 Å². The van der Waals surface area contributed by atoms with Crippen molar-refractivity contribution in [1.29, 1.82) is 0 Å². The molecule has 6 nitrogen and oxygen atoms in total. The average molecular weight is 303 g/mol. The topological polar surface area (TPSA) is 79.8 Å². The summed E-state index contributed by atoms with van der Waals surface area (Å²) in [5, 5.41) is 6.75. The highest BCUT2D eigenvalue weighted by atomic mass is 16.5. The molecule has 0 aliphatic carbocycles. The third-order valence-electron chi connectivity index (χ3n) is 3.36. The summed E-state index contributed by atoms with van der Waals surface area (Å²) in [6, 6.07) is 7.63. The van der Waals surface area contributed by atoms with E-state index in [4.69, 9.17) is 4.74 Å². The summed E-state index contributed by atoms with van der Waals surface area (Å²) >= 11 is 0. The van der Waals surface area contributed by atoms with E-state index in [0.717, 1.165) is 29.7 Å². The maximum atomic E-state index is 11.4. The van der Waals surface area contributed by atoms with Crippen LogP contribution in [0.1, 0.15) is 43.7 Å². The number of ether oxygens (including phenoxy) is 1. The van der Waals surface area contributed by atoms with Crippen LogP contribution in [-0.2, 0) is 16.1 Å². The molecule has 1 aromatic carbocycles. The van der Waals surface area contributed by atoms with Crippen LogP contribution in [0.15, 0.2) is 29.4 Å². The minimum Gasteiger partial charge on any atom is -0.445 e. The van der Waals surface area contributed by atoms with E-state index < -0.39 is 6.09 Å². The van der Waals surface area contributed by atoms with E-state index in [2.05, 4.69) is 22.8 Å². The first-order valence-corrected chi connectivity index (χ1v) is 7.54. The predicted octanol–water partition coefficient (Wildman–Crippen LogP) is 2.33. The van der Waals surface area contributed by atoms with Gasteiger partial charge in [-0.1, -0.05) is 37.6 Å². The number of hydrogen-bond donors (Lipinski definition) is 2. The molecule has 1 aliphatic heterocycles. The molecule has 2 N–H and O–H groups in total. The zero-order chi connectivity index (χ0) is 15.8. The van der Waals surface area contributed by atoms with Crippen molar-refractivity contribution in [3.05, 3.63) is 35.4 Å². The smallest absolute Gasteiger partial charge is 0.407 e. The van der Waals surface area contributed by atoms with Gasteiger partial charge >= 0.3 is 6.09 Å². The Morgan fingerprint density at radius 2 is 2.09 bits per heavy atom. The summed E-state index contributed by atoms with van der Waals surface area (Å²) in [5.74, 6) is -0.0529. The molecule has 0 aromatic heterocycles. The van der Waals surface area contributed by atoms with Crippen LogP contribution in [0.5, 0.6) is 0 Å². The highest BCUT2D eigenvalue weighted by Gasteiger charge is 2.13. The number of benzene rings is 1. The van der Waals surface area contributed by atoms with Crippen molar-refractivity contribution >= 4 is 17.7 Å². The first-order valence-electron chi connectivity index (χ1n) is 7.54. The molecule has 1 aliphatic rings. The minimum absolute atomic E-state index is 0.0529. The molecule has 0 unspecified atom stereocenters. The summed E-state index contributed by atoms with van der Waals surface area (Å²) in [5.41, 5.74) is 5.23. The Balaban J connectivity index is 1.82. The van der Waals surface area contributed by atoms with Gasteiger partial charge in [0.05, 0.1) is 5.71 Å². The molecule has 6 heteroatoms. The van der Waals surface area contributed by atoms with E-state index >= 15 is 0 Å². The molecule has 2 amide bonds. The molecule has 0 atom stereocenters. The molecule has 0 bridgehead atoms. The summed E-state index contributed by atoms with van der Waals surface area (Å²) in [6.45, 7) is 2.94. The third-order valence-corrected chi connectivity index (χ3v) is 3.36. The largest absolute Gasteiger partial charge is 0.445 e. The number of unbranched alkanes of at least 4 members (excludes halogenated alkanes) is 1. The Bertz CT molecular complexity index is 552. The van der Waals surface area contributed by atoms with Crippen molar-refractivity contribution in [3.8, 4) is 0 Å². The average Bonchev–Trinajstić information content (AvgIpc) is 2.54. The van der Waals surface area contributed by atoms with Crippen LogP contribution in [0.3, 0.4) is 0 Å². The van der Waals surface area contributed by atoms with Gasteiger partial charge in [-0.05, 0) is 17.5 Å². The van der Waals surface area contributed by atoms with Crippen LogP contribution < -0.4 is 10.7 Å². The van der Waals surface area contributed by atoms with E-state index in [1.165, 1.54) is 0 Å². The predicted molar refractivity (Wildman–Crippen MR) is 83.5 cm³/mol. The summed E-state index contributed by atoms with van der Waals surface area (Å²) in [4.78, 5) is 22.5. The normalized spacial score (nSPS) is 14.0. The number of nitrogens with zero attached hydrogens (tertiary/aromatic N) is 1. The van der Waals surface area contributed by atoms with Gasteiger partial charge in [0.25, 0.3) is 0 Å². The van der Waals surface area contributed by atoms with Gasteiger partial charge in [-0.2, -0.15) is 5.10 Å². The molecule has 118 valence electrons. The van der Waals surface area contributed by atoms with Gasteiger partial charge in [-0.3, -0.25) is 4.79 Å². The Labute approximate surface area is 129 Å². The number of hydrogen-bond acceptors (Lipinski definition) is 4. The maximum absolute atomic E-state index is 11.4. The third kappa shape index (κ3) is 4.87. The summed E-state index contributed by atoms with van der Waals surface area (Å²) < 4.78 is 5.14. The molecular weight excluding hydrogens is 282 g/mol. The zero-order valence-electron chi connectivity index (χ0n) is 12.7. The Morgan fingerprint density at radius 1 is 1.32 bits per heavy atom. The van der Waals surface area contributed by atoms with Crippen molar-refractivity contribution in [2.75, 3.05) is 6.54 Å². The number of nitrogens with one attached hydrogen (secondary N) is 2. The Hall–Kier alpha value is -2.37.